The number of H-pyrrole nitrogens is 1. The fourth-order valence-corrected chi connectivity index (χ4v) is 3.98. The Morgan fingerprint density at radius 1 is 1.24 bits per heavy atom. The molecule has 0 aliphatic rings. The lowest BCUT2D eigenvalue weighted by Gasteiger charge is -2.18. The van der Waals surface area contributed by atoms with Crippen LogP contribution in [-0.4, -0.2) is 54.1 Å². The summed E-state index contributed by atoms with van der Waals surface area (Å²) in [6.07, 6.45) is 1.63. The maximum absolute atomic E-state index is 12.5. The Kier molecular flexibility index (Phi) is 6.39. The molecule has 0 spiro atoms. The molecule has 0 aliphatic carbocycles. The van der Waals surface area contributed by atoms with Gasteiger partial charge in [0, 0.05) is 49.8 Å². The number of imidazole rings is 1. The molecule has 33 heavy (non-hydrogen) atoms. The van der Waals surface area contributed by atoms with Crippen LogP contribution in [0.15, 0.2) is 40.2 Å². The Morgan fingerprint density at radius 3 is 2.82 bits per heavy atom. The molecule has 0 unspecified atom stereocenters. The molecule has 0 radical (unpaired) electrons. The highest BCUT2D eigenvalue weighted by Gasteiger charge is 2.15. The molecule has 3 aromatic heterocycles. The number of hydrogen-bond acceptors (Lipinski definition) is 6. The van der Waals surface area contributed by atoms with Crippen LogP contribution >= 0.6 is 0 Å². The second kappa shape index (κ2) is 9.24. The van der Waals surface area contributed by atoms with Crippen LogP contribution < -0.4 is 21.3 Å². The Hall–Kier alpha value is -3.37. The third kappa shape index (κ3) is 4.57. The first kappa shape index (κ1) is 22.8. The lowest BCUT2D eigenvalue weighted by atomic mass is 10.2. The molecule has 3 heterocycles. The first-order chi connectivity index (χ1) is 15.8. The minimum absolute atomic E-state index is 0.0873. The normalized spacial score (nSPS) is 13.6. The van der Waals surface area contributed by atoms with Crippen LogP contribution in [0, 0.1) is 6.92 Å². The minimum Gasteiger partial charge on any atom is -0.490 e. The molecule has 0 amide bonds. The fraction of sp³-hybridized carbons (Fsp3) is 0.435. The van der Waals surface area contributed by atoms with E-state index in [0.29, 0.717) is 30.7 Å². The highest BCUT2D eigenvalue weighted by Crippen LogP contribution is 2.26. The van der Waals surface area contributed by atoms with Gasteiger partial charge in [-0.15, -0.1) is 0 Å². The number of hydrogen-bond donors (Lipinski definition) is 3. The zero-order valence-corrected chi connectivity index (χ0v) is 19.3. The Bertz CT molecular complexity index is 1400. The summed E-state index contributed by atoms with van der Waals surface area (Å²) in [6.45, 7) is 5.13. The first-order valence-corrected chi connectivity index (χ1v) is 11.0. The molecule has 0 bridgehead atoms. The van der Waals surface area contributed by atoms with Crippen molar-refractivity contribution < 1.29 is 9.84 Å². The van der Waals surface area contributed by atoms with Crippen molar-refractivity contribution in [1.82, 2.24) is 29.0 Å². The maximum atomic E-state index is 12.5. The number of fused-ring (bicyclic) bond motifs is 2. The van der Waals surface area contributed by atoms with Crippen molar-refractivity contribution in [3.05, 3.63) is 57.1 Å². The zero-order valence-electron chi connectivity index (χ0n) is 19.3. The van der Waals surface area contributed by atoms with E-state index in [-0.39, 0.29) is 18.2 Å². The van der Waals surface area contributed by atoms with Crippen molar-refractivity contribution in [2.45, 2.75) is 39.0 Å². The molecule has 0 saturated heterocycles. The van der Waals surface area contributed by atoms with Crippen molar-refractivity contribution in [1.29, 1.82) is 0 Å². The van der Waals surface area contributed by atoms with Crippen LogP contribution in [-0.2, 0) is 20.6 Å². The smallest absolute Gasteiger partial charge is 0.332 e. The van der Waals surface area contributed by atoms with E-state index >= 15 is 0 Å². The van der Waals surface area contributed by atoms with Gasteiger partial charge in [-0.05, 0) is 38.5 Å². The van der Waals surface area contributed by atoms with Crippen LogP contribution in [0.5, 0.6) is 5.75 Å². The van der Waals surface area contributed by atoms with Gasteiger partial charge in [0.05, 0.1) is 6.33 Å². The first-order valence-electron chi connectivity index (χ1n) is 11.0. The zero-order chi connectivity index (χ0) is 23.7. The number of aliphatic hydroxyl groups is 1. The third-order valence-corrected chi connectivity index (χ3v) is 5.91. The average Bonchev–Trinajstić information content (AvgIpc) is 3.40. The third-order valence-electron chi connectivity index (χ3n) is 5.91. The predicted molar refractivity (Wildman–Crippen MR) is 127 cm³/mol. The maximum Gasteiger partial charge on any atom is 0.332 e. The standard InChI is InChI=1S/C23H30N6O4/c1-14(8-9-29-13-25-21-20(29)22(31)28(4)23(32)27(21)3)24-11-16(30)12-33-19-7-5-6-18-17(19)10-15(2)26-18/h5-7,10,13-14,16,24,26,30H,8-9,11-12H2,1-4H3/t14-,16+/m1/s1. The number of aromatic amines is 1. The van der Waals surface area contributed by atoms with Crippen LogP contribution in [0.1, 0.15) is 19.0 Å². The number of rotatable bonds is 9. The summed E-state index contributed by atoms with van der Waals surface area (Å²) in [5, 5.41) is 14.7. The van der Waals surface area contributed by atoms with E-state index in [0.717, 1.165) is 26.9 Å². The number of ether oxygens (including phenoxy) is 1. The molecule has 3 N–H and O–H groups in total. The van der Waals surface area contributed by atoms with E-state index in [1.807, 2.05) is 38.1 Å². The molecule has 10 nitrogen and oxygen atoms in total. The van der Waals surface area contributed by atoms with Gasteiger partial charge in [-0.3, -0.25) is 13.9 Å². The number of benzene rings is 1. The van der Waals surface area contributed by atoms with Crippen LogP contribution in [0.3, 0.4) is 0 Å². The monoisotopic (exact) mass is 454 g/mol. The summed E-state index contributed by atoms with van der Waals surface area (Å²) in [4.78, 5) is 32.1. The molecule has 10 heteroatoms. The molecule has 4 aromatic rings. The van der Waals surface area contributed by atoms with Crippen molar-refractivity contribution >= 4 is 22.1 Å². The number of nitrogens with one attached hydrogen (secondary N) is 2. The van der Waals surface area contributed by atoms with Gasteiger partial charge in [0.15, 0.2) is 11.2 Å². The lowest BCUT2D eigenvalue weighted by Crippen LogP contribution is -2.38. The number of aromatic nitrogens is 5. The van der Waals surface area contributed by atoms with Gasteiger partial charge in [-0.1, -0.05) is 6.07 Å². The molecule has 0 saturated carbocycles. The van der Waals surface area contributed by atoms with Crippen molar-refractivity contribution in [3.8, 4) is 5.75 Å². The quantitative estimate of drug-likeness (QED) is 0.348. The lowest BCUT2D eigenvalue weighted by molar-refractivity contribution is 0.104. The molecule has 4 rings (SSSR count). The van der Waals surface area contributed by atoms with Crippen LogP contribution in [0.4, 0.5) is 0 Å². The summed E-state index contributed by atoms with van der Waals surface area (Å²) >= 11 is 0. The minimum atomic E-state index is -0.668. The van der Waals surface area contributed by atoms with Crippen LogP contribution in [0.2, 0.25) is 0 Å². The van der Waals surface area contributed by atoms with Crippen molar-refractivity contribution in [2.75, 3.05) is 13.2 Å². The molecule has 0 fully saturated rings. The topological polar surface area (TPSA) is 119 Å². The van der Waals surface area contributed by atoms with Gasteiger partial charge < -0.3 is 24.7 Å². The number of nitrogens with zero attached hydrogens (tertiary/aromatic N) is 4. The van der Waals surface area contributed by atoms with E-state index in [1.54, 1.807) is 17.9 Å². The van der Waals surface area contributed by atoms with Gasteiger partial charge in [0.25, 0.3) is 5.56 Å². The predicted octanol–water partition coefficient (Wildman–Crippen LogP) is 1.03. The molecule has 176 valence electrons. The molecule has 0 aliphatic heterocycles. The SMILES string of the molecule is Cc1cc2c(OC[C@@H](O)CN[C@H](C)CCn3cnc4c3c(=O)n(C)c(=O)n4C)cccc2[nH]1. The van der Waals surface area contributed by atoms with E-state index < -0.39 is 11.8 Å². The Morgan fingerprint density at radius 2 is 2.03 bits per heavy atom. The number of aryl methyl sites for hydroxylation is 3. The van der Waals surface area contributed by atoms with Gasteiger partial charge in [-0.2, -0.15) is 0 Å². The molecular formula is C23H30N6O4. The van der Waals surface area contributed by atoms with Crippen molar-refractivity contribution in [2.24, 2.45) is 14.1 Å². The van der Waals surface area contributed by atoms with E-state index in [1.165, 1.54) is 11.6 Å². The second-order valence-electron chi connectivity index (χ2n) is 8.55. The second-order valence-corrected chi connectivity index (χ2v) is 8.55. The molecular weight excluding hydrogens is 424 g/mol. The summed E-state index contributed by atoms with van der Waals surface area (Å²) < 4.78 is 10.1. The summed E-state index contributed by atoms with van der Waals surface area (Å²) in [6, 6.07) is 7.93. The van der Waals surface area contributed by atoms with E-state index in [9.17, 15) is 14.7 Å². The van der Waals surface area contributed by atoms with E-state index in [4.69, 9.17) is 4.74 Å². The highest BCUT2D eigenvalue weighted by atomic mass is 16.5. The Balaban J connectivity index is 1.30. The summed E-state index contributed by atoms with van der Waals surface area (Å²) in [5.74, 6) is 0.743. The van der Waals surface area contributed by atoms with Gasteiger partial charge >= 0.3 is 5.69 Å². The fourth-order valence-electron chi connectivity index (χ4n) is 3.98. The highest BCUT2D eigenvalue weighted by molar-refractivity contribution is 5.86. The van der Waals surface area contributed by atoms with Crippen molar-refractivity contribution in [3.63, 3.8) is 0 Å². The summed E-state index contributed by atoms with van der Waals surface area (Å²) in [7, 11) is 3.07. The largest absolute Gasteiger partial charge is 0.490 e. The summed E-state index contributed by atoms with van der Waals surface area (Å²) in [5.41, 5.74) is 2.10. The van der Waals surface area contributed by atoms with Gasteiger partial charge in [0.1, 0.15) is 18.5 Å². The average molecular weight is 455 g/mol. The van der Waals surface area contributed by atoms with E-state index in [2.05, 4.69) is 15.3 Å². The molecule has 2 atom stereocenters. The van der Waals surface area contributed by atoms with Gasteiger partial charge in [0.2, 0.25) is 0 Å². The number of aliphatic hydroxyl groups excluding tert-OH is 1. The molecule has 1 aromatic carbocycles. The Labute approximate surface area is 190 Å². The van der Waals surface area contributed by atoms with Crippen LogP contribution in [0.25, 0.3) is 22.1 Å². The van der Waals surface area contributed by atoms with Gasteiger partial charge in [-0.25, -0.2) is 9.78 Å².